The van der Waals surface area contributed by atoms with Gasteiger partial charge in [0.15, 0.2) is 0 Å². The maximum Gasteiger partial charge on any atom is 0.330 e. The number of phenols is 1. The zero-order chi connectivity index (χ0) is 42.9. The molecule has 2 heterocycles. The summed E-state index contributed by atoms with van der Waals surface area (Å²) in [6.45, 7) is 12.5. The van der Waals surface area contributed by atoms with Gasteiger partial charge in [-0.25, -0.2) is 10.2 Å². The number of nitrogens with one attached hydrogen (secondary N) is 3. The zero-order valence-corrected chi connectivity index (χ0v) is 34.8. The summed E-state index contributed by atoms with van der Waals surface area (Å²) in [7, 11) is 0. The van der Waals surface area contributed by atoms with Gasteiger partial charge in [-0.3, -0.25) is 24.2 Å². The van der Waals surface area contributed by atoms with E-state index in [1.807, 2.05) is 32.1 Å². The molecule has 1 aromatic carbocycles. The summed E-state index contributed by atoms with van der Waals surface area (Å²) < 4.78 is 11.0. The number of fused-ring (bicyclic) bond motifs is 2. The van der Waals surface area contributed by atoms with Gasteiger partial charge >= 0.3 is 11.9 Å². The first-order valence-corrected chi connectivity index (χ1v) is 20.2. The van der Waals surface area contributed by atoms with E-state index in [0.29, 0.717) is 24.0 Å². The van der Waals surface area contributed by atoms with E-state index in [4.69, 9.17) is 9.47 Å². The highest BCUT2D eigenvalue weighted by Gasteiger charge is 2.38. The largest absolute Gasteiger partial charge is 0.508 e. The summed E-state index contributed by atoms with van der Waals surface area (Å²) in [6.07, 6.45) is 11.1. The first kappa shape index (κ1) is 47.3. The number of aliphatic hydroxyl groups is 1. The quantitative estimate of drug-likeness (QED) is 0.129. The second kappa shape index (κ2) is 23.4. The molecule has 2 bridgehead atoms. The van der Waals surface area contributed by atoms with Gasteiger partial charge in [0, 0.05) is 31.9 Å². The van der Waals surface area contributed by atoms with E-state index in [-0.39, 0.29) is 56.3 Å². The number of ether oxygens (including phenoxy) is 2. The number of ketones is 1. The predicted molar refractivity (Wildman–Crippen MR) is 218 cm³/mol. The Balaban J connectivity index is 2.07. The number of cyclic esters (lactones) is 1. The Morgan fingerprint density at radius 2 is 1.81 bits per heavy atom. The topological polar surface area (TPSA) is 201 Å². The number of allylic oxidation sites excluding steroid dienone is 5. The number of phenolic OH excluding ortho intramolecular Hbond substituents is 1. The molecule has 0 saturated carbocycles. The molecule has 14 nitrogen and oxygen atoms in total. The van der Waals surface area contributed by atoms with Crippen LogP contribution < -0.4 is 16.1 Å². The van der Waals surface area contributed by atoms with E-state index in [1.165, 1.54) is 36.2 Å². The summed E-state index contributed by atoms with van der Waals surface area (Å²) in [5.74, 6) is -5.17. The average molecular weight is 807 g/mol. The Morgan fingerprint density at radius 3 is 2.48 bits per heavy atom. The summed E-state index contributed by atoms with van der Waals surface area (Å²) in [5, 5.41) is 28.7. The molecular formula is C44H62N4O10. The second-order valence-corrected chi connectivity index (χ2v) is 15.5. The minimum absolute atomic E-state index is 0.0222. The zero-order valence-electron chi connectivity index (χ0n) is 34.8. The highest BCUT2D eigenvalue weighted by atomic mass is 16.5. The molecular weight excluding hydrogens is 745 g/mol. The van der Waals surface area contributed by atoms with Crippen LogP contribution in [0.25, 0.3) is 0 Å². The smallest absolute Gasteiger partial charge is 0.330 e. The Morgan fingerprint density at radius 1 is 1.07 bits per heavy atom. The third kappa shape index (κ3) is 14.7. The number of aliphatic hydroxyl groups excluding tert-OH is 1. The number of rotatable bonds is 10. The first-order chi connectivity index (χ1) is 27.5. The fourth-order valence-corrected chi connectivity index (χ4v) is 6.79. The molecule has 5 N–H and O–H groups in total. The number of carbonyl (C=O) groups is 6. The number of amides is 3. The number of benzene rings is 1. The predicted octanol–water partition coefficient (Wildman–Crippen LogP) is 4.17. The number of Topliss-reactive ketones (excluding diaryl/α,β-unsaturated/α-hetero) is 1. The van der Waals surface area contributed by atoms with Crippen molar-refractivity contribution in [3.63, 3.8) is 0 Å². The van der Waals surface area contributed by atoms with Crippen molar-refractivity contribution < 1.29 is 48.5 Å². The molecule has 0 spiro atoms. The van der Waals surface area contributed by atoms with Crippen LogP contribution in [-0.4, -0.2) is 94.2 Å². The molecule has 2 unspecified atom stereocenters. The van der Waals surface area contributed by atoms with Gasteiger partial charge in [-0.15, -0.1) is 0 Å². The lowest BCUT2D eigenvalue weighted by Crippen LogP contribution is -2.62. The highest BCUT2D eigenvalue weighted by molar-refractivity contribution is 5.93. The maximum atomic E-state index is 14.3. The van der Waals surface area contributed by atoms with Crippen LogP contribution in [0, 0.1) is 23.7 Å². The lowest BCUT2D eigenvalue weighted by atomic mass is 9.81. The molecule has 1 fully saturated rings. The van der Waals surface area contributed by atoms with Gasteiger partial charge in [-0.1, -0.05) is 76.3 Å². The fraction of sp³-hybridized carbons (Fsp3) is 0.545. The van der Waals surface area contributed by atoms with Crippen molar-refractivity contribution in [2.75, 3.05) is 13.2 Å². The molecule has 2 aliphatic rings. The molecule has 3 rings (SSSR count). The van der Waals surface area contributed by atoms with Gasteiger partial charge in [0.25, 0.3) is 5.91 Å². The van der Waals surface area contributed by atoms with Crippen molar-refractivity contribution in [2.45, 2.75) is 117 Å². The van der Waals surface area contributed by atoms with Gasteiger partial charge in [0.05, 0.1) is 18.6 Å². The molecule has 14 heteroatoms. The number of carbonyl (C=O) groups excluding carboxylic acids is 6. The number of esters is 2. The Kier molecular flexibility index (Phi) is 19.0. The van der Waals surface area contributed by atoms with Gasteiger partial charge in [0.1, 0.15) is 35.8 Å². The normalized spacial score (nSPS) is 28.4. The standard InChI is InChI=1S/C44H62N4O10/c1-8-57-38(51)21-12-16-29(5)37-20-11-9-10-15-28(4)31(7)40(52)34(23-22-30(6)49)41(53)46-39(27(2)3)42(54)45-36(26-32-17-13-18-33(50)25-32)43(55)48-24-14-19-35(47-48)44(56)58-37/h9-13,15-18,21,25,27-28,31,34-37,39-40,47,50,52H,8,14,19-20,22-24,26H2,1-7H3,(H,45,54)(H,46,53)/b11-9+,15-10+,21-12+,29-16+/t28?,31-,34+,35?,36-,37-,39-,40+/m0/s1. The maximum absolute atomic E-state index is 14.3. The molecule has 0 aromatic heterocycles. The summed E-state index contributed by atoms with van der Waals surface area (Å²) in [6, 6.07) is 3.09. The monoisotopic (exact) mass is 806 g/mol. The minimum Gasteiger partial charge on any atom is -0.508 e. The van der Waals surface area contributed by atoms with Crippen LogP contribution >= 0.6 is 0 Å². The van der Waals surface area contributed by atoms with Crippen molar-refractivity contribution >= 4 is 35.4 Å². The van der Waals surface area contributed by atoms with Crippen LogP contribution in [0.3, 0.4) is 0 Å². The van der Waals surface area contributed by atoms with E-state index < -0.39 is 77.7 Å². The highest BCUT2D eigenvalue weighted by Crippen LogP contribution is 2.27. The Bertz CT molecular complexity index is 1720. The van der Waals surface area contributed by atoms with Gasteiger partial charge < -0.3 is 35.1 Å². The molecule has 318 valence electrons. The van der Waals surface area contributed by atoms with E-state index >= 15 is 0 Å². The van der Waals surface area contributed by atoms with Crippen LogP contribution in [0.2, 0.25) is 0 Å². The Labute approximate surface area is 342 Å². The Hall–Kier alpha value is -5.08. The van der Waals surface area contributed by atoms with E-state index in [0.717, 1.165) is 0 Å². The number of nitrogens with zero attached hydrogens (tertiary/aromatic N) is 1. The molecule has 2 aliphatic heterocycles. The van der Waals surface area contributed by atoms with Crippen molar-refractivity contribution in [3.8, 4) is 5.75 Å². The molecule has 3 amide bonds. The lowest BCUT2D eigenvalue weighted by molar-refractivity contribution is -0.156. The first-order valence-electron chi connectivity index (χ1n) is 20.2. The van der Waals surface area contributed by atoms with Crippen LogP contribution in [0.1, 0.15) is 86.1 Å². The van der Waals surface area contributed by atoms with Gasteiger partial charge in [-0.2, -0.15) is 0 Å². The average Bonchev–Trinajstić information content (AvgIpc) is 3.17. The number of hydrazine groups is 1. The summed E-state index contributed by atoms with van der Waals surface area (Å²) in [5.41, 5.74) is 4.21. The van der Waals surface area contributed by atoms with Crippen LogP contribution in [0.5, 0.6) is 5.75 Å². The van der Waals surface area contributed by atoms with Gasteiger partial charge in [-0.05, 0) is 81.1 Å². The number of hydrogen-bond acceptors (Lipinski definition) is 11. The van der Waals surface area contributed by atoms with Crippen LogP contribution in [0.4, 0.5) is 0 Å². The fourth-order valence-electron chi connectivity index (χ4n) is 6.79. The molecule has 58 heavy (non-hydrogen) atoms. The lowest BCUT2D eigenvalue weighted by Gasteiger charge is -2.36. The molecule has 0 radical (unpaired) electrons. The van der Waals surface area contributed by atoms with Gasteiger partial charge in [0.2, 0.25) is 11.8 Å². The number of aromatic hydroxyl groups is 1. The second-order valence-electron chi connectivity index (χ2n) is 15.5. The molecule has 1 aromatic rings. The van der Waals surface area contributed by atoms with Crippen molar-refractivity contribution in [2.24, 2.45) is 23.7 Å². The van der Waals surface area contributed by atoms with Crippen LogP contribution in [0.15, 0.2) is 72.4 Å². The van der Waals surface area contributed by atoms with E-state index in [9.17, 15) is 39.0 Å². The minimum atomic E-state index is -1.19. The SMILES string of the molecule is CCOC(=O)/C=C/C=C(\C)[C@@H]1C/C=C/C=C/C(C)[C@H](C)[C@@H](O)[C@@H](CCC(C)=O)C(=O)N[C@@H](C(C)C)C(=O)N[C@@H](Cc2cccc(O)c2)C(=O)N2CCCC(N2)C(=O)O1. The molecule has 8 atom stereocenters. The third-order valence-electron chi connectivity index (χ3n) is 10.5. The van der Waals surface area contributed by atoms with Crippen molar-refractivity contribution in [3.05, 3.63) is 77.9 Å². The molecule has 0 aliphatic carbocycles. The summed E-state index contributed by atoms with van der Waals surface area (Å²) in [4.78, 5) is 80.1. The van der Waals surface area contributed by atoms with Crippen molar-refractivity contribution in [1.29, 1.82) is 0 Å². The number of hydrogen-bond donors (Lipinski definition) is 5. The van der Waals surface area contributed by atoms with E-state index in [2.05, 4.69) is 16.1 Å². The van der Waals surface area contributed by atoms with Crippen LogP contribution in [-0.2, 0) is 44.7 Å². The third-order valence-corrected chi connectivity index (χ3v) is 10.5. The molecule has 1 saturated heterocycles. The summed E-state index contributed by atoms with van der Waals surface area (Å²) >= 11 is 0. The van der Waals surface area contributed by atoms with Crippen molar-refractivity contribution in [1.82, 2.24) is 21.1 Å². The van der Waals surface area contributed by atoms with E-state index in [1.54, 1.807) is 52.0 Å².